The van der Waals surface area contributed by atoms with E-state index in [2.05, 4.69) is 10.2 Å². The first kappa shape index (κ1) is 12.8. The Morgan fingerprint density at radius 1 is 1.41 bits per heavy atom. The van der Waals surface area contributed by atoms with Crippen LogP contribution in [0.15, 0.2) is 27.4 Å². The van der Waals surface area contributed by atoms with Crippen LogP contribution in [-0.2, 0) is 6.42 Å². The molecule has 1 aromatic heterocycles. The summed E-state index contributed by atoms with van der Waals surface area (Å²) in [5, 5.41) is 9.78. The molecular weight excluding hydrogens is 274 g/mol. The van der Waals surface area contributed by atoms with E-state index in [0.29, 0.717) is 6.54 Å². The molecule has 17 heavy (non-hydrogen) atoms. The average Bonchev–Trinajstić information content (AvgIpc) is 2.68. The number of nitrogens with two attached hydrogens (primary N) is 1. The van der Waals surface area contributed by atoms with Crippen LogP contribution in [0, 0.1) is 6.92 Å². The number of hydrogen-bond acceptors (Lipinski definition) is 5. The fourth-order valence-corrected chi connectivity index (χ4v) is 3.54. The Kier molecular flexibility index (Phi) is 4.39. The summed E-state index contributed by atoms with van der Waals surface area (Å²) in [6.07, 6.45) is 0.807. The predicted molar refractivity (Wildman–Crippen MR) is 73.0 cm³/mol. The Morgan fingerprint density at radius 3 is 2.82 bits per heavy atom. The summed E-state index contributed by atoms with van der Waals surface area (Å²) in [5.41, 5.74) is 6.60. The fraction of sp³-hybridized carbons (Fsp3) is 0.273. The minimum absolute atomic E-state index is 0.613. The average molecular weight is 286 g/mol. The normalized spacial score (nSPS) is 10.8. The molecule has 0 bridgehead atoms. The lowest BCUT2D eigenvalue weighted by atomic mass is 10.1. The molecule has 2 aromatic rings. The zero-order chi connectivity index (χ0) is 12.3. The largest absolute Gasteiger partial charge is 0.330 e. The SMILES string of the molecule is Cc1nnc(Sc2ccc(CCN)c(Cl)c2)s1. The summed E-state index contributed by atoms with van der Waals surface area (Å²) in [7, 11) is 0. The van der Waals surface area contributed by atoms with Gasteiger partial charge in [0.05, 0.1) is 0 Å². The molecule has 0 radical (unpaired) electrons. The second-order valence-corrected chi connectivity index (χ2v) is 6.39. The molecule has 0 fully saturated rings. The van der Waals surface area contributed by atoms with E-state index >= 15 is 0 Å². The molecule has 1 heterocycles. The first-order valence-corrected chi connectivity index (χ1v) is 7.16. The zero-order valence-corrected chi connectivity index (χ0v) is 11.7. The van der Waals surface area contributed by atoms with Crippen LogP contribution in [0.5, 0.6) is 0 Å². The third-order valence-corrected chi connectivity index (χ3v) is 4.38. The Bertz CT molecular complexity index is 513. The van der Waals surface area contributed by atoms with Gasteiger partial charge in [0.2, 0.25) is 0 Å². The van der Waals surface area contributed by atoms with Gasteiger partial charge in [-0.15, -0.1) is 10.2 Å². The molecule has 0 saturated heterocycles. The van der Waals surface area contributed by atoms with Crippen LogP contribution in [0.4, 0.5) is 0 Å². The molecule has 0 aliphatic rings. The van der Waals surface area contributed by atoms with Gasteiger partial charge < -0.3 is 5.73 Å². The smallest absolute Gasteiger partial charge is 0.179 e. The maximum Gasteiger partial charge on any atom is 0.179 e. The summed E-state index contributed by atoms with van der Waals surface area (Å²) in [6, 6.07) is 6.01. The monoisotopic (exact) mass is 285 g/mol. The number of benzene rings is 1. The molecule has 0 saturated carbocycles. The summed E-state index contributed by atoms with van der Waals surface area (Å²) >= 11 is 9.34. The maximum absolute atomic E-state index is 6.18. The van der Waals surface area contributed by atoms with E-state index in [-0.39, 0.29) is 0 Å². The lowest BCUT2D eigenvalue weighted by molar-refractivity contribution is 0.966. The van der Waals surface area contributed by atoms with Crippen LogP contribution in [-0.4, -0.2) is 16.7 Å². The Balaban J connectivity index is 2.14. The van der Waals surface area contributed by atoms with E-state index in [4.69, 9.17) is 17.3 Å². The Labute approximate surface area is 113 Å². The highest BCUT2D eigenvalue weighted by atomic mass is 35.5. The van der Waals surface area contributed by atoms with Crippen molar-refractivity contribution in [2.75, 3.05) is 6.54 Å². The number of aromatic nitrogens is 2. The molecule has 2 rings (SSSR count). The molecule has 0 atom stereocenters. The number of nitrogens with zero attached hydrogens (tertiary/aromatic N) is 2. The molecule has 0 aliphatic carbocycles. The molecular formula is C11H12ClN3S2. The van der Waals surface area contributed by atoms with E-state index in [1.54, 1.807) is 23.1 Å². The predicted octanol–water partition coefficient (Wildman–Crippen LogP) is 3.15. The second kappa shape index (κ2) is 5.82. The van der Waals surface area contributed by atoms with Crippen molar-refractivity contribution in [3.8, 4) is 0 Å². The zero-order valence-electron chi connectivity index (χ0n) is 9.31. The lowest BCUT2D eigenvalue weighted by Crippen LogP contribution is -2.02. The summed E-state index contributed by atoms with van der Waals surface area (Å²) in [6.45, 7) is 2.56. The van der Waals surface area contributed by atoms with Gasteiger partial charge in [-0.2, -0.15) is 0 Å². The van der Waals surface area contributed by atoms with Crippen molar-refractivity contribution in [1.82, 2.24) is 10.2 Å². The van der Waals surface area contributed by atoms with Crippen LogP contribution in [0.3, 0.4) is 0 Å². The van der Waals surface area contributed by atoms with Crippen molar-refractivity contribution in [2.45, 2.75) is 22.6 Å². The minimum atomic E-state index is 0.613. The first-order valence-electron chi connectivity index (χ1n) is 5.15. The van der Waals surface area contributed by atoms with Crippen molar-refractivity contribution in [2.24, 2.45) is 5.73 Å². The number of rotatable bonds is 4. The Hall–Kier alpha value is -0.620. The third-order valence-electron chi connectivity index (χ3n) is 2.15. The van der Waals surface area contributed by atoms with Gasteiger partial charge in [0.15, 0.2) is 4.34 Å². The maximum atomic E-state index is 6.18. The highest BCUT2D eigenvalue weighted by molar-refractivity contribution is 8.01. The number of halogens is 1. The molecule has 6 heteroatoms. The van der Waals surface area contributed by atoms with Gasteiger partial charge in [0.25, 0.3) is 0 Å². The number of hydrogen-bond donors (Lipinski definition) is 1. The van der Waals surface area contributed by atoms with Gasteiger partial charge in [-0.3, -0.25) is 0 Å². The van der Waals surface area contributed by atoms with Gasteiger partial charge >= 0.3 is 0 Å². The molecule has 1 aromatic carbocycles. The number of aryl methyl sites for hydroxylation is 1. The van der Waals surface area contributed by atoms with Crippen LogP contribution >= 0.6 is 34.7 Å². The molecule has 0 aliphatic heterocycles. The van der Waals surface area contributed by atoms with Crippen molar-refractivity contribution in [1.29, 1.82) is 0 Å². The van der Waals surface area contributed by atoms with Crippen LogP contribution in [0.2, 0.25) is 5.02 Å². The molecule has 3 nitrogen and oxygen atoms in total. The summed E-state index contributed by atoms with van der Waals surface area (Å²) in [4.78, 5) is 1.08. The van der Waals surface area contributed by atoms with Gasteiger partial charge in [-0.1, -0.05) is 40.8 Å². The van der Waals surface area contributed by atoms with E-state index in [1.807, 2.05) is 25.1 Å². The van der Waals surface area contributed by atoms with Crippen molar-refractivity contribution >= 4 is 34.7 Å². The minimum Gasteiger partial charge on any atom is -0.330 e. The quantitative estimate of drug-likeness (QED) is 0.937. The Morgan fingerprint density at radius 2 is 2.24 bits per heavy atom. The van der Waals surface area contributed by atoms with Gasteiger partial charge in [-0.25, -0.2) is 0 Å². The van der Waals surface area contributed by atoms with Crippen molar-refractivity contribution in [3.05, 3.63) is 33.8 Å². The molecule has 0 unspecified atom stereocenters. The van der Waals surface area contributed by atoms with Crippen molar-refractivity contribution < 1.29 is 0 Å². The van der Waals surface area contributed by atoms with Crippen molar-refractivity contribution in [3.63, 3.8) is 0 Å². The van der Waals surface area contributed by atoms with Crippen LogP contribution in [0.1, 0.15) is 10.6 Å². The highest BCUT2D eigenvalue weighted by Gasteiger charge is 2.06. The molecule has 2 N–H and O–H groups in total. The van der Waals surface area contributed by atoms with Gasteiger partial charge in [-0.05, 0) is 37.6 Å². The van der Waals surface area contributed by atoms with E-state index in [1.165, 1.54) is 0 Å². The second-order valence-electron chi connectivity index (χ2n) is 3.48. The van der Waals surface area contributed by atoms with E-state index in [0.717, 1.165) is 31.2 Å². The summed E-state index contributed by atoms with van der Waals surface area (Å²) < 4.78 is 0.935. The summed E-state index contributed by atoms with van der Waals surface area (Å²) in [5.74, 6) is 0. The fourth-order valence-electron chi connectivity index (χ4n) is 1.37. The third kappa shape index (κ3) is 3.42. The molecule has 0 amide bonds. The standard InChI is InChI=1S/C11H12ClN3S2/c1-7-14-15-11(16-7)17-9-3-2-8(4-5-13)10(12)6-9/h2-3,6H,4-5,13H2,1H3. The van der Waals surface area contributed by atoms with E-state index < -0.39 is 0 Å². The molecule has 90 valence electrons. The van der Waals surface area contributed by atoms with E-state index in [9.17, 15) is 0 Å². The first-order chi connectivity index (χ1) is 8.19. The molecule has 0 spiro atoms. The van der Waals surface area contributed by atoms with Crippen LogP contribution < -0.4 is 5.73 Å². The lowest BCUT2D eigenvalue weighted by Gasteiger charge is -2.04. The van der Waals surface area contributed by atoms with Crippen LogP contribution in [0.25, 0.3) is 0 Å². The topological polar surface area (TPSA) is 51.8 Å². The highest BCUT2D eigenvalue weighted by Crippen LogP contribution is 2.32. The van der Waals surface area contributed by atoms with Gasteiger partial charge in [0, 0.05) is 9.92 Å². The van der Waals surface area contributed by atoms with Gasteiger partial charge in [0.1, 0.15) is 5.01 Å².